The lowest BCUT2D eigenvalue weighted by Gasteiger charge is -2.27. The van der Waals surface area contributed by atoms with Crippen LogP contribution in [-0.2, 0) is 0 Å². The van der Waals surface area contributed by atoms with Gasteiger partial charge in [0.15, 0.2) is 5.65 Å². The number of aromatic nitrogens is 2. The summed E-state index contributed by atoms with van der Waals surface area (Å²) in [5.74, 6) is -0.556. The molecule has 0 atom stereocenters. The molecule has 1 aromatic carbocycles. The normalized spacial score (nSPS) is 14.3. The number of carbonyl (C=O) groups is 1. The number of halogens is 2. The lowest BCUT2D eigenvalue weighted by molar-refractivity contribution is 0.0725. The zero-order valence-corrected chi connectivity index (χ0v) is 16.3. The summed E-state index contributed by atoms with van der Waals surface area (Å²) in [6, 6.07) is 8.15. The fourth-order valence-electron chi connectivity index (χ4n) is 3.45. The monoisotopic (exact) mass is 398 g/mol. The van der Waals surface area contributed by atoms with E-state index in [9.17, 15) is 9.18 Å². The molecule has 3 aromatic rings. The third-order valence-corrected chi connectivity index (χ3v) is 5.22. The minimum atomic E-state index is -0.492. The van der Waals surface area contributed by atoms with Crippen molar-refractivity contribution >= 4 is 39.9 Å². The van der Waals surface area contributed by atoms with Gasteiger partial charge in [-0.3, -0.25) is 4.79 Å². The van der Waals surface area contributed by atoms with Crippen molar-refractivity contribution in [3.05, 3.63) is 58.6 Å². The third kappa shape index (κ3) is 3.64. The molecule has 0 saturated carbocycles. The van der Waals surface area contributed by atoms with E-state index >= 15 is 0 Å². The fourth-order valence-corrected chi connectivity index (χ4v) is 3.63. The number of anilines is 2. The van der Waals surface area contributed by atoms with Gasteiger partial charge in [-0.15, -0.1) is 0 Å². The Morgan fingerprint density at radius 3 is 2.71 bits per heavy atom. The summed E-state index contributed by atoms with van der Waals surface area (Å²) in [5.41, 5.74) is 3.06. The maximum Gasteiger partial charge on any atom is 0.257 e. The summed E-state index contributed by atoms with van der Waals surface area (Å²) in [6.45, 7) is 3.37. The Morgan fingerprint density at radius 2 is 1.96 bits per heavy atom. The predicted octanol–water partition coefficient (Wildman–Crippen LogP) is 5.10. The summed E-state index contributed by atoms with van der Waals surface area (Å²) in [5, 5.41) is 3.99. The van der Waals surface area contributed by atoms with Crippen LogP contribution in [0.15, 0.2) is 36.5 Å². The van der Waals surface area contributed by atoms with E-state index in [2.05, 4.69) is 15.3 Å². The van der Waals surface area contributed by atoms with Crippen LogP contribution >= 0.6 is 11.6 Å². The van der Waals surface area contributed by atoms with Crippen molar-refractivity contribution in [2.45, 2.75) is 26.2 Å². The molecule has 5 nitrogen and oxygen atoms in total. The number of amides is 1. The molecule has 0 spiro atoms. The van der Waals surface area contributed by atoms with Crippen LogP contribution in [-0.4, -0.2) is 33.9 Å². The molecule has 1 saturated heterocycles. The topological polar surface area (TPSA) is 58.1 Å². The first-order valence-corrected chi connectivity index (χ1v) is 9.68. The second kappa shape index (κ2) is 7.72. The van der Waals surface area contributed by atoms with E-state index in [1.807, 2.05) is 24.0 Å². The molecule has 1 aliphatic rings. The lowest BCUT2D eigenvalue weighted by Crippen LogP contribution is -2.36. The van der Waals surface area contributed by atoms with E-state index in [1.165, 1.54) is 12.1 Å². The summed E-state index contributed by atoms with van der Waals surface area (Å²) < 4.78 is 13.5. The van der Waals surface area contributed by atoms with E-state index in [0.717, 1.165) is 43.4 Å². The van der Waals surface area contributed by atoms with Crippen LogP contribution in [0, 0.1) is 12.7 Å². The number of nitrogens with zero attached hydrogens (tertiary/aromatic N) is 3. The highest BCUT2D eigenvalue weighted by Gasteiger charge is 2.23. The van der Waals surface area contributed by atoms with Gasteiger partial charge >= 0.3 is 0 Å². The van der Waals surface area contributed by atoms with Gasteiger partial charge in [0.25, 0.3) is 5.91 Å². The van der Waals surface area contributed by atoms with Gasteiger partial charge in [0, 0.05) is 36.1 Å². The molecule has 144 valence electrons. The highest BCUT2D eigenvalue weighted by molar-refractivity contribution is 6.31. The highest BCUT2D eigenvalue weighted by atomic mass is 35.5. The van der Waals surface area contributed by atoms with Crippen molar-refractivity contribution < 1.29 is 9.18 Å². The SMILES string of the molecule is Cc1ccc2c(Nc3ccc(F)c(Cl)c3)c(C(=O)N3CCCCC3)cnc2n1. The number of nitrogens with one attached hydrogen (secondary N) is 1. The van der Waals surface area contributed by atoms with Gasteiger partial charge in [0.05, 0.1) is 16.3 Å². The zero-order chi connectivity index (χ0) is 19.7. The smallest absolute Gasteiger partial charge is 0.257 e. The number of rotatable bonds is 3. The summed E-state index contributed by atoms with van der Waals surface area (Å²) >= 11 is 5.93. The van der Waals surface area contributed by atoms with Crippen LogP contribution in [0.5, 0.6) is 0 Å². The molecule has 28 heavy (non-hydrogen) atoms. The van der Waals surface area contributed by atoms with Crippen LogP contribution in [0.4, 0.5) is 15.8 Å². The average Bonchev–Trinajstić information content (AvgIpc) is 2.71. The molecule has 2 aromatic heterocycles. The second-order valence-electron chi connectivity index (χ2n) is 6.98. The molecule has 1 amide bonds. The number of aryl methyl sites for hydroxylation is 1. The maximum atomic E-state index is 13.5. The molecule has 0 aliphatic carbocycles. The van der Waals surface area contributed by atoms with Crippen molar-refractivity contribution in [1.29, 1.82) is 0 Å². The molecule has 3 heterocycles. The number of fused-ring (bicyclic) bond motifs is 1. The number of pyridine rings is 2. The first-order chi connectivity index (χ1) is 13.5. The first kappa shape index (κ1) is 18.6. The van der Waals surface area contributed by atoms with Gasteiger partial charge < -0.3 is 10.2 Å². The quantitative estimate of drug-likeness (QED) is 0.666. The standard InChI is InChI=1S/C21H20ClFN4O/c1-13-5-7-15-19(26-14-6-8-18(23)17(22)11-14)16(12-24-20(15)25-13)21(28)27-9-3-2-4-10-27/h5-8,11-12H,2-4,9-10H2,1H3,(H,24,25,26). The summed E-state index contributed by atoms with van der Waals surface area (Å²) in [7, 11) is 0. The minimum absolute atomic E-state index is 0.0150. The molecule has 7 heteroatoms. The molecule has 1 N–H and O–H groups in total. The van der Waals surface area contributed by atoms with Gasteiger partial charge in [-0.1, -0.05) is 11.6 Å². The van der Waals surface area contributed by atoms with Crippen LogP contribution in [0.25, 0.3) is 11.0 Å². The Balaban J connectivity index is 1.81. The lowest BCUT2D eigenvalue weighted by atomic mass is 10.1. The van der Waals surface area contributed by atoms with Gasteiger partial charge in [-0.25, -0.2) is 14.4 Å². The molecule has 1 aliphatic heterocycles. The predicted molar refractivity (Wildman–Crippen MR) is 109 cm³/mol. The van der Waals surface area contributed by atoms with Crippen molar-refractivity contribution in [3.63, 3.8) is 0 Å². The van der Waals surface area contributed by atoms with E-state index in [0.29, 0.717) is 22.6 Å². The van der Waals surface area contributed by atoms with E-state index in [1.54, 1.807) is 12.3 Å². The fraction of sp³-hybridized carbons (Fsp3) is 0.286. The molecule has 0 radical (unpaired) electrons. The number of likely N-dealkylation sites (tertiary alicyclic amines) is 1. The third-order valence-electron chi connectivity index (χ3n) is 4.93. The van der Waals surface area contributed by atoms with Crippen molar-refractivity contribution in [1.82, 2.24) is 14.9 Å². The van der Waals surface area contributed by atoms with Gasteiger partial charge in [-0.2, -0.15) is 0 Å². The Morgan fingerprint density at radius 1 is 1.18 bits per heavy atom. The van der Waals surface area contributed by atoms with Crippen LogP contribution < -0.4 is 5.32 Å². The Bertz CT molecular complexity index is 1050. The van der Waals surface area contributed by atoms with Crippen LogP contribution in [0.1, 0.15) is 35.3 Å². The van der Waals surface area contributed by atoms with E-state index in [-0.39, 0.29) is 10.9 Å². The Hall–Kier alpha value is -2.73. The van der Waals surface area contributed by atoms with E-state index < -0.39 is 5.82 Å². The highest BCUT2D eigenvalue weighted by Crippen LogP contribution is 2.31. The molecular formula is C21H20ClFN4O. The first-order valence-electron chi connectivity index (χ1n) is 9.30. The van der Waals surface area contributed by atoms with Crippen molar-refractivity contribution in [3.8, 4) is 0 Å². The van der Waals surface area contributed by atoms with Gasteiger partial charge in [-0.05, 0) is 56.5 Å². The molecule has 0 bridgehead atoms. The zero-order valence-electron chi connectivity index (χ0n) is 15.5. The molecular weight excluding hydrogens is 379 g/mol. The molecule has 0 unspecified atom stereocenters. The largest absolute Gasteiger partial charge is 0.354 e. The summed E-state index contributed by atoms with van der Waals surface area (Å²) in [6.07, 6.45) is 4.72. The van der Waals surface area contributed by atoms with E-state index in [4.69, 9.17) is 11.6 Å². The second-order valence-corrected chi connectivity index (χ2v) is 7.38. The van der Waals surface area contributed by atoms with Crippen molar-refractivity contribution in [2.24, 2.45) is 0 Å². The summed E-state index contributed by atoms with van der Waals surface area (Å²) in [4.78, 5) is 23.9. The Labute approximate surface area is 167 Å². The molecule has 4 rings (SSSR count). The number of hydrogen-bond acceptors (Lipinski definition) is 4. The number of benzene rings is 1. The Kier molecular flexibility index (Phi) is 5.13. The number of carbonyl (C=O) groups excluding carboxylic acids is 1. The maximum absolute atomic E-state index is 13.5. The van der Waals surface area contributed by atoms with Crippen LogP contribution in [0.3, 0.4) is 0 Å². The van der Waals surface area contributed by atoms with Gasteiger partial charge in [0.1, 0.15) is 5.82 Å². The van der Waals surface area contributed by atoms with Crippen molar-refractivity contribution in [2.75, 3.05) is 18.4 Å². The number of hydrogen-bond donors (Lipinski definition) is 1. The average molecular weight is 399 g/mol. The van der Waals surface area contributed by atoms with Gasteiger partial charge in [0.2, 0.25) is 0 Å². The number of piperidine rings is 1. The minimum Gasteiger partial charge on any atom is -0.354 e. The molecule has 1 fully saturated rings. The van der Waals surface area contributed by atoms with Crippen LogP contribution in [0.2, 0.25) is 5.02 Å².